The molecule has 2 aromatic heterocycles. The second-order valence-corrected chi connectivity index (χ2v) is 8.31. The Bertz CT molecular complexity index is 1150. The second kappa shape index (κ2) is 7.97. The molecule has 2 atom stereocenters. The highest BCUT2D eigenvalue weighted by Crippen LogP contribution is 2.54. The fourth-order valence-corrected chi connectivity index (χ4v) is 5.21. The van der Waals surface area contributed by atoms with Crippen LogP contribution in [0.2, 0.25) is 0 Å². The molecule has 0 saturated carbocycles. The van der Waals surface area contributed by atoms with Gasteiger partial charge in [0.15, 0.2) is 0 Å². The first kappa shape index (κ1) is 18.8. The molecular formula is C28H22N4. The first-order valence-corrected chi connectivity index (χ1v) is 10.9. The Morgan fingerprint density at radius 3 is 1.19 bits per heavy atom. The molecule has 4 heteroatoms. The summed E-state index contributed by atoms with van der Waals surface area (Å²) in [7, 11) is 0. The lowest BCUT2D eigenvalue weighted by Gasteiger charge is -2.47. The normalized spacial score (nSPS) is 23.4. The zero-order chi connectivity index (χ0) is 21.3. The zero-order valence-electron chi connectivity index (χ0n) is 17.5. The molecule has 0 N–H and O–H groups in total. The van der Waals surface area contributed by atoms with Gasteiger partial charge in [-0.3, -0.25) is 20.0 Å². The topological polar surface area (TPSA) is 50.5 Å². The molecule has 2 bridgehead atoms. The predicted octanol–water partition coefficient (Wildman–Crippen LogP) is 5.04. The predicted molar refractivity (Wildman–Crippen MR) is 128 cm³/mol. The van der Waals surface area contributed by atoms with Crippen LogP contribution >= 0.6 is 0 Å². The van der Waals surface area contributed by atoms with E-state index in [9.17, 15) is 0 Å². The summed E-state index contributed by atoms with van der Waals surface area (Å²) in [5.41, 5.74) is 7.62. The molecule has 0 fully saturated rings. The second-order valence-electron chi connectivity index (χ2n) is 8.31. The first-order chi connectivity index (χ1) is 15.9. The third-order valence-corrected chi connectivity index (χ3v) is 6.57. The number of nitrogens with zero attached hydrogens (tertiary/aromatic N) is 4. The van der Waals surface area contributed by atoms with Crippen molar-refractivity contribution in [3.8, 4) is 0 Å². The van der Waals surface area contributed by atoms with Crippen LogP contribution in [-0.2, 0) is 0 Å². The molecule has 0 saturated heterocycles. The summed E-state index contributed by atoms with van der Waals surface area (Å²) >= 11 is 0. The maximum absolute atomic E-state index is 5.15. The molecule has 0 unspecified atom stereocenters. The number of rotatable bonds is 4. The summed E-state index contributed by atoms with van der Waals surface area (Å²) in [4.78, 5) is 18.5. The molecule has 2 aromatic carbocycles. The van der Waals surface area contributed by atoms with Gasteiger partial charge in [0.05, 0.1) is 12.1 Å². The molecule has 0 spiro atoms. The third kappa shape index (κ3) is 3.16. The summed E-state index contributed by atoms with van der Waals surface area (Å²) in [6.07, 6.45) is 11.2. The van der Waals surface area contributed by atoms with Gasteiger partial charge >= 0.3 is 0 Å². The maximum Gasteiger partial charge on any atom is 0.0841 e. The van der Waals surface area contributed by atoms with Crippen molar-refractivity contribution in [2.45, 2.75) is 23.9 Å². The van der Waals surface area contributed by atoms with E-state index < -0.39 is 0 Å². The van der Waals surface area contributed by atoms with Crippen molar-refractivity contribution in [1.29, 1.82) is 0 Å². The van der Waals surface area contributed by atoms with E-state index in [4.69, 9.17) is 9.98 Å². The van der Waals surface area contributed by atoms with Crippen molar-refractivity contribution in [3.05, 3.63) is 131 Å². The lowest BCUT2D eigenvalue weighted by Crippen LogP contribution is -2.45. The fraction of sp³-hybridized carbons (Fsp3) is 0.143. The van der Waals surface area contributed by atoms with Crippen molar-refractivity contribution >= 4 is 12.4 Å². The van der Waals surface area contributed by atoms with Crippen LogP contribution in [-0.4, -0.2) is 34.5 Å². The SMILES string of the molecule is C(=N[C@@H]1C2c3ccccc3C(c3ccccc32)[C@H]1N=Cc1ccncc1)c1ccncc1. The molecule has 154 valence electrons. The quantitative estimate of drug-likeness (QED) is 0.439. The number of pyridine rings is 2. The van der Waals surface area contributed by atoms with Gasteiger partial charge in [-0.15, -0.1) is 0 Å². The molecule has 3 aliphatic rings. The Labute approximate surface area is 187 Å². The average molecular weight is 415 g/mol. The van der Waals surface area contributed by atoms with Gasteiger partial charge in [-0.2, -0.15) is 0 Å². The minimum absolute atomic E-state index is 0.0241. The van der Waals surface area contributed by atoms with Gasteiger partial charge in [-0.1, -0.05) is 48.5 Å². The van der Waals surface area contributed by atoms with Crippen LogP contribution in [0.5, 0.6) is 0 Å². The number of aromatic nitrogens is 2. The lowest BCUT2D eigenvalue weighted by molar-refractivity contribution is 0.391. The van der Waals surface area contributed by atoms with Gasteiger partial charge in [0, 0.05) is 49.1 Å². The Balaban J connectivity index is 1.50. The molecule has 7 rings (SSSR count). The fourth-order valence-electron chi connectivity index (χ4n) is 5.21. The zero-order valence-corrected chi connectivity index (χ0v) is 17.5. The van der Waals surface area contributed by atoms with Crippen LogP contribution < -0.4 is 0 Å². The van der Waals surface area contributed by atoms with Crippen LogP contribution in [0.4, 0.5) is 0 Å². The molecule has 0 radical (unpaired) electrons. The van der Waals surface area contributed by atoms with Crippen molar-refractivity contribution in [2.24, 2.45) is 9.98 Å². The van der Waals surface area contributed by atoms with E-state index in [2.05, 4.69) is 58.5 Å². The number of hydrogen-bond donors (Lipinski definition) is 0. The monoisotopic (exact) mass is 414 g/mol. The van der Waals surface area contributed by atoms with Crippen molar-refractivity contribution < 1.29 is 0 Å². The van der Waals surface area contributed by atoms with E-state index >= 15 is 0 Å². The maximum atomic E-state index is 5.15. The van der Waals surface area contributed by atoms with Gasteiger partial charge in [0.1, 0.15) is 0 Å². The highest BCUT2D eigenvalue weighted by atomic mass is 14.9. The Morgan fingerprint density at radius 1 is 0.500 bits per heavy atom. The summed E-state index contributed by atoms with van der Waals surface area (Å²) in [5, 5.41) is 0. The third-order valence-electron chi connectivity index (χ3n) is 6.57. The van der Waals surface area contributed by atoms with E-state index in [-0.39, 0.29) is 23.9 Å². The van der Waals surface area contributed by atoms with Crippen LogP contribution in [0.3, 0.4) is 0 Å². The Hall–Kier alpha value is -3.92. The van der Waals surface area contributed by atoms with Gasteiger partial charge in [-0.25, -0.2) is 0 Å². The van der Waals surface area contributed by atoms with Crippen molar-refractivity contribution in [1.82, 2.24) is 9.97 Å². The van der Waals surface area contributed by atoms with Crippen LogP contribution in [0.1, 0.15) is 45.2 Å². The number of hydrogen-bond acceptors (Lipinski definition) is 4. The summed E-state index contributed by atoms with van der Waals surface area (Å²) in [6.45, 7) is 0. The van der Waals surface area contributed by atoms with Crippen molar-refractivity contribution in [2.75, 3.05) is 0 Å². The van der Waals surface area contributed by atoms with Gasteiger partial charge in [-0.05, 0) is 57.6 Å². The Kier molecular flexibility index (Phi) is 4.69. The number of benzene rings is 2. The molecule has 4 aromatic rings. The highest BCUT2D eigenvalue weighted by Gasteiger charge is 2.49. The lowest BCUT2D eigenvalue weighted by atomic mass is 9.59. The van der Waals surface area contributed by atoms with Gasteiger partial charge in [0.25, 0.3) is 0 Å². The van der Waals surface area contributed by atoms with E-state index in [1.807, 2.05) is 36.7 Å². The minimum atomic E-state index is 0.0241. The van der Waals surface area contributed by atoms with Crippen molar-refractivity contribution in [3.63, 3.8) is 0 Å². The van der Waals surface area contributed by atoms with Gasteiger partial charge < -0.3 is 0 Å². The summed E-state index contributed by atoms with van der Waals surface area (Å²) in [6, 6.07) is 25.6. The van der Waals surface area contributed by atoms with Crippen LogP contribution in [0, 0.1) is 0 Å². The molecule has 0 aliphatic heterocycles. The van der Waals surface area contributed by atoms with E-state index in [1.54, 1.807) is 24.8 Å². The number of aliphatic imine (C=N–C) groups is 2. The van der Waals surface area contributed by atoms with Gasteiger partial charge in [0.2, 0.25) is 0 Å². The molecular weight excluding hydrogens is 392 g/mol. The molecule has 4 nitrogen and oxygen atoms in total. The van der Waals surface area contributed by atoms with E-state index in [0.717, 1.165) is 11.1 Å². The average Bonchev–Trinajstić information content (AvgIpc) is 2.87. The summed E-state index contributed by atoms with van der Waals surface area (Å²) < 4.78 is 0. The van der Waals surface area contributed by atoms with E-state index in [1.165, 1.54) is 22.3 Å². The van der Waals surface area contributed by atoms with E-state index in [0.29, 0.717) is 0 Å². The highest BCUT2D eigenvalue weighted by molar-refractivity contribution is 5.81. The Morgan fingerprint density at radius 2 is 0.844 bits per heavy atom. The molecule has 32 heavy (non-hydrogen) atoms. The van der Waals surface area contributed by atoms with Crippen LogP contribution in [0.15, 0.2) is 108 Å². The minimum Gasteiger partial charge on any atom is -0.286 e. The smallest absolute Gasteiger partial charge is 0.0841 e. The standard InChI is InChI=1S/C28H22N4/c1-2-6-22-21(5-1)25-23-7-3-4-8-24(23)26(22)28(32-18-20-11-15-30-16-12-20)27(25)31-17-19-9-13-29-14-10-19/h1-18,25-28H/t25?,26?,27-,28-/m1/s1. The van der Waals surface area contributed by atoms with Crippen LogP contribution in [0.25, 0.3) is 0 Å². The molecule has 0 amide bonds. The molecule has 2 heterocycles. The largest absolute Gasteiger partial charge is 0.286 e. The number of fused-ring (bicyclic) bond motifs is 1. The first-order valence-electron chi connectivity index (χ1n) is 10.9. The summed E-state index contributed by atoms with van der Waals surface area (Å²) in [5.74, 6) is 0.371. The molecule has 3 aliphatic carbocycles.